The molecule has 0 aliphatic carbocycles. The molecule has 0 fully saturated rings. The first-order valence-corrected chi connectivity index (χ1v) is 12.5. The Bertz CT molecular complexity index is 1500. The van der Waals surface area contributed by atoms with Crippen LogP contribution in [0.15, 0.2) is 42.7 Å². The summed E-state index contributed by atoms with van der Waals surface area (Å²) in [5, 5.41) is 15.8. The van der Waals surface area contributed by atoms with E-state index in [-0.39, 0.29) is 17.5 Å². The zero-order valence-electron chi connectivity index (χ0n) is 22.9. The van der Waals surface area contributed by atoms with Gasteiger partial charge in [-0.2, -0.15) is 18.3 Å². The first-order valence-electron chi connectivity index (χ1n) is 12.5. The number of hydrogen-bond donors (Lipinski definition) is 1. The maximum atomic E-state index is 13.8. The predicted octanol–water partition coefficient (Wildman–Crippen LogP) is 5.01. The third kappa shape index (κ3) is 6.19. The van der Waals surface area contributed by atoms with Crippen LogP contribution in [-0.2, 0) is 19.6 Å². The number of nitrogens with one attached hydrogen (secondary N) is 1. The minimum atomic E-state index is -4.58. The van der Waals surface area contributed by atoms with Crippen molar-refractivity contribution in [2.75, 3.05) is 32.5 Å². The van der Waals surface area contributed by atoms with E-state index < -0.39 is 17.5 Å². The van der Waals surface area contributed by atoms with Crippen LogP contribution in [0, 0.1) is 20.8 Å². The highest BCUT2D eigenvalue weighted by Crippen LogP contribution is 2.36. The molecule has 0 radical (unpaired) electrons. The standard InChI is InChI=1S/C28H32F3N7O/c1-17-7-8-20(11-26(17)38-16-25(34-35-38)22-15-33-37(6)19(22)3)12-27(39)21-13-23(28(29,30)31)18(2)24(14-21)32-9-10-36(4)5/h7-8,11,13-16,32H,9-10,12H2,1-6H3. The topological polar surface area (TPSA) is 80.9 Å². The van der Waals surface area contributed by atoms with Crippen molar-refractivity contribution in [1.82, 2.24) is 29.7 Å². The second-order valence-corrected chi connectivity index (χ2v) is 9.96. The lowest BCUT2D eigenvalue weighted by Crippen LogP contribution is -2.22. The van der Waals surface area contributed by atoms with E-state index in [1.54, 1.807) is 27.8 Å². The number of ketones is 1. The Morgan fingerprint density at radius 2 is 1.85 bits per heavy atom. The third-order valence-electron chi connectivity index (χ3n) is 6.80. The molecule has 0 unspecified atom stereocenters. The van der Waals surface area contributed by atoms with Crippen LogP contribution in [0.4, 0.5) is 18.9 Å². The maximum Gasteiger partial charge on any atom is 0.416 e. The van der Waals surface area contributed by atoms with Crippen molar-refractivity contribution in [2.45, 2.75) is 33.4 Å². The summed E-state index contributed by atoms with van der Waals surface area (Å²) >= 11 is 0. The quantitative estimate of drug-likeness (QED) is 0.301. The largest absolute Gasteiger partial charge is 0.416 e. The molecule has 8 nitrogen and oxygen atoms in total. The summed E-state index contributed by atoms with van der Waals surface area (Å²) < 4.78 is 44.8. The smallest absolute Gasteiger partial charge is 0.384 e. The van der Waals surface area contributed by atoms with Crippen LogP contribution in [0.25, 0.3) is 16.9 Å². The molecule has 0 saturated heterocycles. The number of aromatic nitrogens is 5. The third-order valence-corrected chi connectivity index (χ3v) is 6.80. The molecule has 206 valence electrons. The van der Waals surface area contributed by atoms with Gasteiger partial charge in [0, 0.05) is 49.1 Å². The summed E-state index contributed by atoms with van der Waals surface area (Å²) in [5.41, 5.74) is 4.35. The molecule has 11 heteroatoms. The number of rotatable bonds is 9. The molecule has 0 amide bonds. The first kappa shape index (κ1) is 28.0. The summed E-state index contributed by atoms with van der Waals surface area (Å²) in [6.07, 6.45) is -1.12. The van der Waals surface area contributed by atoms with Gasteiger partial charge in [-0.15, -0.1) is 5.10 Å². The van der Waals surface area contributed by atoms with Crippen LogP contribution >= 0.6 is 0 Å². The molecule has 0 aliphatic heterocycles. The minimum Gasteiger partial charge on any atom is -0.384 e. The average molecular weight is 540 g/mol. The Kier molecular flexibility index (Phi) is 7.91. The summed E-state index contributed by atoms with van der Waals surface area (Å²) in [6, 6.07) is 7.94. The van der Waals surface area contributed by atoms with Crippen LogP contribution in [0.3, 0.4) is 0 Å². The van der Waals surface area contributed by atoms with E-state index in [1.807, 2.05) is 52.0 Å². The number of benzene rings is 2. The molecule has 4 rings (SSSR count). The van der Waals surface area contributed by atoms with Crippen molar-refractivity contribution >= 4 is 11.5 Å². The van der Waals surface area contributed by atoms with E-state index in [0.29, 0.717) is 30.0 Å². The Hall–Kier alpha value is -3.99. The Morgan fingerprint density at radius 3 is 2.49 bits per heavy atom. The lowest BCUT2D eigenvalue weighted by molar-refractivity contribution is -0.138. The van der Waals surface area contributed by atoms with Gasteiger partial charge in [0.05, 0.1) is 23.6 Å². The highest BCUT2D eigenvalue weighted by atomic mass is 19.4. The maximum absolute atomic E-state index is 13.8. The average Bonchev–Trinajstić information content (AvgIpc) is 3.47. The fourth-order valence-electron chi connectivity index (χ4n) is 4.32. The fraction of sp³-hybridized carbons (Fsp3) is 0.357. The molecule has 1 N–H and O–H groups in total. The molecular weight excluding hydrogens is 507 g/mol. The molecular formula is C28H32F3N7O. The highest BCUT2D eigenvalue weighted by Gasteiger charge is 2.34. The number of carbonyl (C=O) groups is 1. The predicted molar refractivity (Wildman–Crippen MR) is 144 cm³/mol. The van der Waals surface area contributed by atoms with Gasteiger partial charge in [0.15, 0.2) is 5.78 Å². The van der Waals surface area contributed by atoms with Gasteiger partial charge < -0.3 is 10.2 Å². The van der Waals surface area contributed by atoms with Gasteiger partial charge in [-0.3, -0.25) is 9.48 Å². The molecule has 39 heavy (non-hydrogen) atoms. The molecule has 0 atom stereocenters. The summed E-state index contributed by atoms with van der Waals surface area (Å²) in [7, 11) is 5.61. The number of hydrogen-bond acceptors (Lipinski definition) is 6. The van der Waals surface area contributed by atoms with Gasteiger partial charge in [0.2, 0.25) is 0 Å². The summed E-state index contributed by atoms with van der Waals surface area (Å²) in [5.74, 6) is -0.406. The molecule has 0 bridgehead atoms. The Balaban J connectivity index is 1.62. The Morgan fingerprint density at radius 1 is 1.10 bits per heavy atom. The van der Waals surface area contributed by atoms with E-state index in [9.17, 15) is 18.0 Å². The van der Waals surface area contributed by atoms with Gasteiger partial charge in [0.25, 0.3) is 0 Å². The number of aryl methyl sites for hydroxylation is 2. The van der Waals surface area contributed by atoms with Crippen molar-refractivity contribution in [3.05, 3.63) is 76.2 Å². The van der Waals surface area contributed by atoms with E-state index in [1.165, 1.54) is 13.0 Å². The van der Waals surface area contributed by atoms with Gasteiger partial charge in [0.1, 0.15) is 5.69 Å². The molecule has 2 heterocycles. The van der Waals surface area contributed by atoms with Crippen molar-refractivity contribution in [2.24, 2.45) is 7.05 Å². The number of likely N-dealkylation sites (N-methyl/N-ethyl adjacent to an activating group) is 1. The van der Waals surface area contributed by atoms with E-state index in [0.717, 1.165) is 28.6 Å². The zero-order chi connectivity index (χ0) is 28.5. The second kappa shape index (κ2) is 11.0. The highest BCUT2D eigenvalue weighted by molar-refractivity contribution is 5.99. The van der Waals surface area contributed by atoms with E-state index in [4.69, 9.17) is 0 Å². The van der Waals surface area contributed by atoms with Crippen LogP contribution in [0.1, 0.15) is 38.3 Å². The van der Waals surface area contributed by atoms with Gasteiger partial charge in [-0.25, -0.2) is 4.68 Å². The fourth-order valence-corrected chi connectivity index (χ4v) is 4.32. The normalized spacial score (nSPS) is 11.8. The van der Waals surface area contributed by atoms with Crippen LogP contribution in [0.5, 0.6) is 0 Å². The minimum absolute atomic E-state index is 0.0116. The number of alkyl halides is 3. The van der Waals surface area contributed by atoms with Crippen LogP contribution in [-0.4, -0.2) is 62.6 Å². The summed E-state index contributed by atoms with van der Waals surface area (Å²) in [6.45, 7) is 6.36. The van der Waals surface area contributed by atoms with Crippen LogP contribution < -0.4 is 5.32 Å². The van der Waals surface area contributed by atoms with Crippen molar-refractivity contribution in [1.29, 1.82) is 0 Å². The number of carbonyl (C=O) groups excluding carboxylic acids is 1. The molecule has 4 aromatic rings. The van der Waals surface area contributed by atoms with Gasteiger partial charge in [-0.05, 0) is 69.8 Å². The number of nitrogens with zero attached hydrogens (tertiary/aromatic N) is 6. The van der Waals surface area contributed by atoms with Crippen molar-refractivity contribution < 1.29 is 18.0 Å². The van der Waals surface area contributed by atoms with Gasteiger partial charge >= 0.3 is 6.18 Å². The molecule has 2 aromatic heterocycles. The van der Waals surface area contributed by atoms with Gasteiger partial charge in [-0.1, -0.05) is 17.3 Å². The van der Waals surface area contributed by atoms with Crippen LogP contribution in [0.2, 0.25) is 0 Å². The van der Waals surface area contributed by atoms with E-state index >= 15 is 0 Å². The number of Topliss-reactive ketones (excluding diaryl/α,β-unsaturated/α-hetero) is 1. The summed E-state index contributed by atoms with van der Waals surface area (Å²) in [4.78, 5) is 15.2. The molecule has 0 saturated carbocycles. The number of halogens is 3. The van der Waals surface area contributed by atoms with Crippen molar-refractivity contribution in [3.8, 4) is 16.9 Å². The zero-order valence-corrected chi connectivity index (χ0v) is 22.9. The monoisotopic (exact) mass is 539 g/mol. The lowest BCUT2D eigenvalue weighted by atomic mass is 9.96. The molecule has 0 spiro atoms. The number of anilines is 1. The molecule has 2 aromatic carbocycles. The first-order chi connectivity index (χ1) is 18.3. The second-order valence-electron chi connectivity index (χ2n) is 9.96. The Labute approximate surface area is 225 Å². The van der Waals surface area contributed by atoms with Crippen molar-refractivity contribution in [3.63, 3.8) is 0 Å². The lowest BCUT2D eigenvalue weighted by Gasteiger charge is -2.18. The SMILES string of the molecule is Cc1ccc(CC(=O)c2cc(NCCN(C)C)c(C)c(C(F)(F)F)c2)cc1-n1cc(-c2cnn(C)c2C)nn1. The molecule has 0 aliphatic rings. The van der Waals surface area contributed by atoms with E-state index in [2.05, 4.69) is 20.7 Å².